The molecule has 0 saturated heterocycles. The number of fused-ring (bicyclic) bond motifs is 1. The number of carboxylic acid groups (broad SMARTS) is 2. The molecule has 0 aliphatic carbocycles. The van der Waals surface area contributed by atoms with Gasteiger partial charge in [-0.3, -0.25) is 15.0 Å². The molecule has 0 radical (unpaired) electrons. The minimum absolute atomic E-state index is 0.212. The molecule has 2 aromatic rings. The molecule has 0 bridgehead atoms. The third-order valence-electron chi connectivity index (χ3n) is 4.38. The number of nitro benzene ring substituents is 1. The van der Waals surface area contributed by atoms with E-state index in [0.29, 0.717) is 18.2 Å². The summed E-state index contributed by atoms with van der Waals surface area (Å²) in [5.74, 6) is -2.51. The van der Waals surface area contributed by atoms with Gasteiger partial charge in [0.1, 0.15) is 4.70 Å². The molecule has 1 aromatic heterocycles. The van der Waals surface area contributed by atoms with E-state index in [1.54, 1.807) is 12.1 Å². The molecule has 2 heterocycles. The average Bonchev–Trinajstić information content (AvgIpc) is 3.11. The van der Waals surface area contributed by atoms with Crippen LogP contribution in [0.5, 0.6) is 0 Å². The number of benzene rings is 1. The first-order valence-electron chi connectivity index (χ1n) is 8.93. The van der Waals surface area contributed by atoms with Crippen LogP contribution in [0.25, 0.3) is 15.7 Å². The lowest BCUT2D eigenvalue weighted by Gasteiger charge is -2.29. The van der Waals surface area contributed by atoms with Crippen LogP contribution in [-0.2, 0) is 9.59 Å². The van der Waals surface area contributed by atoms with Gasteiger partial charge in [-0.2, -0.15) is 0 Å². The van der Waals surface area contributed by atoms with E-state index < -0.39 is 11.9 Å². The Morgan fingerprint density at radius 2 is 1.90 bits per heavy atom. The summed E-state index contributed by atoms with van der Waals surface area (Å²) in [6, 6.07) is 7.94. The summed E-state index contributed by atoms with van der Waals surface area (Å²) in [7, 11) is 0. The standard InChI is InChI=1S/C16H18N2O2S.C4H4O4/c1-11(2)17-8-6-12(7-9-17)15-10-13-4-3-5-14(18(19)20)16(13)21-15;5-3(6)1-2-4(7)8/h3-6,10-11H,7-9H2,1-2H3;1-2H,(H,5,6)(H,7,8). The first kappa shape index (κ1) is 22.3. The highest BCUT2D eigenvalue weighted by Crippen LogP contribution is 2.37. The van der Waals surface area contributed by atoms with Crippen LogP contribution in [0.15, 0.2) is 42.5 Å². The van der Waals surface area contributed by atoms with Crippen molar-refractivity contribution in [2.24, 2.45) is 0 Å². The molecule has 0 atom stereocenters. The van der Waals surface area contributed by atoms with Crippen LogP contribution in [0.4, 0.5) is 5.69 Å². The Bertz CT molecular complexity index is 961. The van der Waals surface area contributed by atoms with Gasteiger partial charge in [-0.15, -0.1) is 11.3 Å². The molecule has 0 saturated carbocycles. The van der Waals surface area contributed by atoms with Gasteiger partial charge in [0.25, 0.3) is 5.69 Å². The van der Waals surface area contributed by atoms with Gasteiger partial charge in [0.15, 0.2) is 0 Å². The monoisotopic (exact) mass is 418 g/mol. The van der Waals surface area contributed by atoms with Crippen LogP contribution in [0, 0.1) is 10.1 Å². The number of hydrogen-bond donors (Lipinski definition) is 2. The van der Waals surface area contributed by atoms with Gasteiger partial charge in [-0.1, -0.05) is 18.2 Å². The molecule has 1 aliphatic rings. The number of carbonyl (C=O) groups is 2. The number of rotatable bonds is 5. The summed E-state index contributed by atoms with van der Waals surface area (Å²) in [5, 5.41) is 27.7. The van der Waals surface area contributed by atoms with Crippen LogP contribution < -0.4 is 0 Å². The summed E-state index contributed by atoms with van der Waals surface area (Å²) in [5.41, 5.74) is 1.53. The molecule has 0 spiro atoms. The van der Waals surface area contributed by atoms with Crippen LogP contribution in [0.2, 0.25) is 0 Å². The van der Waals surface area contributed by atoms with Gasteiger partial charge < -0.3 is 10.2 Å². The number of hydrogen-bond acceptors (Lipinski definition) is 6. The van der Waals surface area contributed by atoms with Crippen LogP contribution in [-0.4, -0.2) is 51.1 Å². The fourth-order valence-corrected chi connectivity index (χ4v) is 4.08. The van der Waals surface area contributed by atoms with Crippen molar-refractivity contribution in [1.82, 2.24) is 4.90 Å². The Hall–Kier alpha value is -3.04. The zero-order chi connectivity index (χ0) is 21.6. The van der Waals surface area contributed by atoms with Gasteiger partial charge >= 0.3 is 11.9 Å². The second kappa shape index (κ2) is 9.94. The molecule has 1 aliphatic heterocycles. The summed E-state index contributed by atoms with van der Waals surface area (Å²) < 4.78 is 0.782. The zero-order valence-corrected chi connectivity index (χ0v) is 16.9. The Morgan fingerprint density at radius 3 is 2.38 bits per heavy atom. The lowest BCUT2D eigenvalue weighted by Crippen LogP contribution is -2.34. The molecule has 154 valence electrons. The molecule has 29 heavy (non-hydrogen) atoms. The summed E-state index contributed by atoms with van der Waals surface area (Å²) >= 11 is 1.54. The molecule has 0 unspecified atom stereocenters. The molecular formula is C20H22N2O6S. The minimum Gasteiger partial charge on any atom is -0.478 e. The van der Waals surface area contributed by atoms with Crippen LogP contribution in [0.3, 0.4) is 0 Å². The van der Waals surface area contributed by atoms with E-state index in [1.165, 1.54) is 21.8 Å². The second-order valence-corrected chi connectivity index (χ2v) is 7.69. The highest BCUT2D eigenvalue weighted by molar-refractivity contribution is 7.20. The van der Waals surface area contributed by atoms with E-state index in [0.717, 1.165) is 29.6 Å². The van der Waals surface area contributed by atoms with E-state index in [-0.39, 0.29) is 10.6 Å². The SMILES string of the molecule is CC(C)N1CC=C(c2cc3cccc([N+](=O)[O-])c3s2)CC1.O=C(O)C=CC(=O)O. The normalized spacial score (nSPS) is 14.5. The first-order chi connectivity index (χ1) is 13.7. The molecule has 8 nitrogen and oxygen atoms in total. The smallest absolute Gasteiger partial charge is 0.328 e. The van der Waals surface area contributed by atoms with E-state index in [2.05, 4.69) is 30.9 Å². The zero-order valence-electron chi connectivity index (χ0n) is 16.1. The Kier molecular flexibility index (Phi) is 7.63. The fourth-order valence-electron chi connectivity index (χ4n) is 2.87. The number of carboxylic acids is 2. The third kappa shape index (κ3) is 6.23. The predicted molar refractivity (Wildman–Crippen MR) is 112 cm³/mol. The Labute approximate surface area is 171 Å². The molecule has 2 N–H and O–H groups in total. The summed E-state index contributed by atoms with van der Waals surface area (Å²) in [4.78, 5) is 33.5. The van der Waals surface area contributed by atoms with E-state index >= 15 is 0 Å². The third-order valence-corrected chi connectivity index (χ3v) is 5.62. The maximum absolute atomic E-state index is 11.1. The van der Waals surface area contributed by atoms with Crippen molar-refractivity contribution in [3.05, 3.63) is 57.5 Å². The van der Waals surface area contributed by atoms with Crippen molar-refractivity contribution in [3.63, 3.8) is 0 Å². The number of non-ortho nitro benzene ring substituents is 1. The van der Waals surface area contributed by atoms with Crippen molar-refractivity contribution in [1.29, 1.82) is 0 Å². The molecule has 0 fully saturated rings. The van der Waals surface area contributed by atoms with Crippen molar-refractivity contribution in [2.75, 3.05) is 13.1 Å². The van der Waals surface area contributed by atoms with Crippen LogP contribution in [0.1, 0.15) is 25.1 Å². The Balaban J connectivity index is 0.000000321. The summed E-state index contributed by atoms with van der Waals surface area (Å²) in [6.45, 7) is 6.44. The summed E-state index contributed by atoms with van der Waals surface area (Å²) in [6.07, 6.45) is 4.39. The molecule has 1 aromatic carbocycles. The number of nitrogens with zero attached hydrogens (tertiary/aromatic N) is 2. The van der Waals surface area contributed by atoms with Crippen molar-refractivity contribution < 1.29 is 24.7 Å². The highest BCUT2D eigenvalue weighted by atomic mass is 32.1. The molecule has 9 heteroatoms. The topological polar surface area (TPSA) is 121 Å². The first-order valence-corrected chi connectivity index (χ1v) is 9.75. The van der Waals surface area contributed by atoms with Gasteiger partial charge in [0.05, 0.1) is 4.92 Å². The quantitative estimate of drug-likeness (QED) is 0.427. The molecule has 0 amide bonds. The molecular weight excluding hydrogens is 396 g/mol. The van der Waals surface area contributed by atoms with Crippen molar-refractivity contribution in [2.45, 2.75) is 26.3 Å². The highest BCUT2D eigenvalue weighted by Gasteiger charge is 2.19. The maximum Gasteiger partial charge on any atom is 0.328 e. The lowest BCUT2D eigenvalue weighted by molar-refractivity contribution is -0.382. The van der Waals surface area contributed by atoms with E-state index in [1.807, 2.05) is 6.07 Å². The van der Waals surface area contributed by atoms with Crippen molar-refractivity contribution in [3.8, 4) is 0 Å². The van der Waals surface area contributed by atoms with Gasteiger partial charge in [-0.25, -0.2) is 9.59 Å². The lowest BCUT2D eigenvalue weighted by atomic mass is 10.0. The van der Waals surface area contributed by atoms with Gasteiger partial charge in [0, 0.05) is 47.6 Å². The number of aliphatic carboxylic acids is 2. The van der Waals surface area contributed by atoms with E-state index in [9.17, 15) is 19.7 Å². The van der Waals surface area contributed by atoms with Crippen LogP contribution >= 0.6 is 11.3 Å². The minimum atomic E-state index is -1.26. The predicted octanol–water partition coefficient (Wildman–Crippen LogP) is 4.02. The Morgan fingerprint density at radius 1 is 1.24 bits per heavy atom. The van der Waals surface area contributed by atoms with Gasteiger partial charge in [-0.05, 0) is 31.9 Å². The van der Waals surface area contributed by atoms with Gasteiger partial charge in [0.2, 0.25) is 0 Å². The average molecular weight is 418 g/mol. The number of thiophene rings is 1. The van der Waals surface area contributed by atoms with E-state index in [4.69, 9.17) is 10.2 Å². The largest absolute Gasteiger partial charge is 0.478 e. The maximum atomic E-state index is 11.1. The molecule has 3 rings (SSSR count). The van der Waals surface area contributed by atoms with Crippen molar-refractivity contribution >= 4 is 44.6 Å². The second-order valence-electron chi connectivity index (χ2n) is 6.64. The number of nitro groups is 1. The fraction of sp³-hybridized carbons (Fsp3) is 0.300.